The van der Waals surface area contributed by atoms with Crippen molar-refractivity contribution in [2.24, 2.45) is 0 Å². The number of aromatic nitrogens is 3. The van der Waals surface area contributed by atoms with Crippen molar-refractivity contribution in [3.8, 4) is 17.1 Å². The smallest absolute Gasteiger partial charge is 0.230 e. The Morgan fingerprint density at radius 1 is 1.15 bits per heavy atom. The number of benzene rings is 2. The lowest BCUT2D eigenvalue weighted by Gasteiger charge is -2.07. The zero-order chi connectivity index (χ0) is 19.1. The van der Waals surface area contributed by atoms with Crippen LogP contribution in [0.5, 0.6) is 5.75 Å². The van der Waals surface area contributed by atoms with Gasteiger partial charge in [-0.3, -0.25) is 9.89 Å². The van der Waals surface area contributed by atoms with E-state index in [-0.39, 0.29) is 11.7 Å². The molecule has 2 aromatic carbocycles. The summed E-state index contributed by atoms with van der Waals surface area (Å²) in [6, 6.07) is 15.9. The van der Waals surface area contributed by atoms with Crippen molar-refractivity contribution in [2.45, 2.75) is 19.0 Å². The Balaban J connectivity index is 1.38. The monoisotopic (exact) mass is 382 g/mol. The van der Waals surface area contributed by atoms with Crippen LogP contribution in [0, 0.1) is 13.8 Å². The molecule has 0 spiro atoms. The van der Waals surface area contributed by atoms with Crippen LogP contribution in [0.3, 0.4) is 0 Å². The normalized spacial score (nSPS) is 10.6. The number of ether oxygens (including phenoxy) is 1. The SMILES string of the molecule is Cc1ccc(-c2nc(SCC(=O)NCCOc3cccc(C)c3)n[nH]2)cc1. The van der Waals surface area contributed by atoms with Crippen LogP contribution in [0.2, 0.25) is 0 Å². The highest BCUT2D eigenvalue weighted by Gasteiger charge is 2.09. The van der Waals surface area contributed by atoms with Crippen LogP contribution in [0.25, 0.3) is 11.4 Å². The summed E-state index contributed by atoms with van der Waals surface area (Å²) in [5, 5.41) is 10.4. The van der Waals surface area contributed by atoms with E-state index in [1.165, 1.54) is 17.3 Å². The van der Waals surface area contributed by atoms with Gasteiger partial charge in [-0.25, -0.2) is 4.98 Å². The van der Waals surface area contributed by atoms with Gasteiger partial charge in [0, 0.05) is 5.56 Å². The molecule has 0 aliphatic heterocycles. The highest BCUT2D eigenvalue weighted by atomic mass is 32.2. The van der Waals surface area contributed by atoms with Gasteiger partial charge in [0.15, 0.2) is 5.82 Å². The predicted octanol–water partition coefficient (Wildman–Crippen LogP) is 3.38. The zero-order valence-electron chi connectivity index (χ0n) is 15.4. The zero-order valence-corrected chi connectivity index (χ0v) is 16.2. The molecule has 0 bridgehead atoms. The summed E-state index contributed by atoms with van der Waals surface area (Å²) in [6.07, 6.45) is 0. The molecule has 0 aliphatic rings. The maximum Gasteiger partial charge on any atom is 0.230 e. The lowest BCUT2D eigenvalue weighted by atomic mass is 10.1. The van der Waals surface area contributed by atoms with Gasteiger partial charge in [0.2, 0.25) is 11.1 Å². The van der Waals surface area contributed by atoms with Crippen molar-refractivity contribution in [3.05, 3.63) is 59.7 Å². The van der Waals surface area contributed by atoms with E-state index in [2.05, 4.69) is 20.5 Å². The van der Waals surface area contributed by atoms with Crippen LogP contribution in [0.4, 0.5) is 0 Å². The van der Waals surface area contributed by atoms with E-state index in [1.807, 2.05) is 62.4 Å². The van der Waals surface area contributed by atoms with Gasteiger partial charge in [-0.2, -0.15) is 0 Å². The fourth-order valence-electron chi connectivity index (χ4n) is 2.40. The molecule has 0 unspecified atom stereocenters. The van der Waals surface area contributed by atoms with Gasteiger partial charge in [-0.1, -0.05) is 53.7 Å². The lowest BCUT2D eigenvalue weighted by molar-refractivity contribution is -0.118. The van der Waals surface area contributed by atoms with Crippen LogP contribution in [0.15, 0.2) is 53.7 Å². The maximum atomic E-state index is 11.9. The van der Waals surface area contributed by atoms with Crippen molar-refractivity contribution in [3.63, 3.8) is 0 Å². The van der Waals surface area contributed by atoms with E-state index in [4.69, 9.17) is 4.74 Å². The van der Waals surface area contributed by atoms with Gasteiger partial charge < -0.3 is 10.1 Å². The van der Waals surface area contributed by atoms with E-state index < -0.39 is 0 Å². The number of thioether (sulfide) groups is 1. The Morgan fingerprint density at radius 3 is 2.74 bits per heavy atom. The van der Waals surface area contributed by atoms with Crippen LogP contribution in [-0.2, 0) is 4.79 Å². The molecule has 3 aromatic rings. The number of amides is 1. The van der Waals surface area contributed by atoms with E-state index in [0.29, 0.717) is 24.1 Å². The molecule has 27 heavy (non-hydrogen) atoms. The molecular weight excluding hydrogens is 360 g/mol. The minimum Gasteiger partial charge on any atom is -0.492 e. The molecule has 1 amide bonds. The molecule has 0 atom stereocenters. The quantitative estimate of drug-likeness (QED) is 0.461. The molecule has 0 radical (unpaired) electrons. The number of carbonyl (C=O) groups excluding carboxylic acids is 1. The summed E-state index contributed by atoms with van der Waals surface area (Å²) in [5.74, 6) is 1.69. The summed E-state index contributed by atoms with van der Waals surface area (Å²) in [5.41, 5.74) is 3.30. The molecule has 1 heterocycles. The van der Waals surface area contributed by atoms with Gasteiger partial charge in [0.25, 0.3) is 0 Å². The Morgan fingerprint density at radius 2 is 1.96 bits per heavy atom. The van der Waals surface area contributed by atoms with Crippen molar-refractivity contribution in [2.75, 3.05) is 18.9 Å². The number of aryl methyl sites for hydroxylation is 2. The number of aromatic amines is 1. The molecule has 140 valence electrons. The molecule has 0 saturated carbocycles. The van der Waals surface area contributed by atoms with Crippen molar-refractivity contribution < 1.29 is 9.53 Å². The Labute approximate surface area is 162 Å². The summed E-state index contributed by atoms with van der Waals surface area (Å²) in [6.45, 7) is 4.93. The van der Waals surface area contributed by atoms with Crippen LogP contribution in [-0.4, -0.2) is 40.0 Å². The van der Waals surface area contributed by atoms with Crippen molar-refractivity contribution in [1.29, 1.82) is 0 Å². The third-order valence-corrected chi connectivity index (χ3v) is 4.65. The highest BCUT2D eigenvalue weighted by Crippen LogP contribution is 2.19. The minimum absolute atomic E-state index is 0.0745. The Bertz CT molecular complexity index is 893. The van der Waals surface area contributed by atoms with Gasteiger partial charge in [0.05, 0.1) is 12.3 Å². The van der Waals surface area contributed by atoms with Crippen molar-refractivity contribution >= 4 is 17.7 Å². The van der Waals surface area contributed by atoms with Gasteiger partial charge in [-0.15, -0.1) is 5.10 Å². The fraction of sp³-hybridized carbons (Fsp3) is 0.250. The molecule has 2 N–H and O–H groups in total. The fourth-order valence-corrected chi connectivity index (χ4v) is 3.03. The van der Waals surface area contributed by atoms with Gasteiger partial charge in [-0.05, 0) is 31.5 Å². The van der Waals surface area contributed by atoms with Crippen LogP contribution >= 0.6 is 11.8 Å². The molecule has 6 nitrogen and oxygen atoms in total. The molecule has 0 fully saturated rings. The first kappa shape index (κ1) is 19.0. The number of nitrogens with one attached hydrogen (secondary N) is 2. The second-order valence-electron chi connectivity index (χ2n) is 6.14. The Hall–Kier alpha value is -2.80. The average Bonchev–Trinajstić information content (AvgIpc) is 3.13. The molecule has 0 saturated heterocycles. The number of H-pyrrole nitrogens is 1. The topological polar surface area (TPSA) is 79.9 Å². The number of nitrogens with zero attached hydrogens (tertiary/aromatic N) is 2. The maximum absolute atomic E-state index is 11.9. The number of rotatable bonds is 8. The molecule has 7 heteroatoms. The molecular formula is C20H22N4O2S. The number of carbonyl (C=O) groups is 1. The molecule has 1 aromatic heterocycles. The van der Waals surface area contributed by atoms with Gasteiger partial charge >= 0.3 is 0 Å². The van der Waals surface area contributed by atoms with E-state index in [0.717, 1.165) is 16.9 Å². The molecule has 0 aliphatic carbocycles. The minimum atomic E-state index is -0.0745. The van der Waals surface area contributed by atoms with Crippen LogP contribution in [0.1, 0.15) is 11.1 Å². The predicted molar refractivity (Wildman–Crippen MR) is 107 cm³/mol. The second-order valence-corrected chi connectivity index (χ2v) is 7.08. The first-order valence-electron chi connectivity index (χ1n) is 8.68. The summed E-state index contributed by atoms with van der Waals surface area (Å²) >= 11 is 1.30. The molecule has 3 rings (SSSR count). The standard InChI is InChI=1S/C20H22N4O2S/c1-14-6-8-16(9-7-14)19-22-20(24-23-19)27-13-18(25)21-10-11-26-17-5-3-4-15(2)12-17/h3-9,12H,10-11,13H2,1-2H3,(H,21,25)(H,22,23,24). The van der Waals surface area contributed by atoms with Crippen LogP contribution < -0.4 is 10.1 Å². The number of hydrogen-bond donors (Lipinski definition) is 2. The summed E-state index contributed by atoms with van der Waals surface area (Å²) < 4.78 is 5.61. The lowest BCUT2D eigenvalue weighted by Crippen LogP contribution is -2.29. The van der Waals surface area contributed by atoms with Gasteiger partial charge in [0.1, 0.15) is 12.4 Å². The third-order valence-electron chi connectivity index (χ3n) is 3.80. The van der Waals surface area contributed by atoms with E-state index in [1.54, 1.807) is 0 Å². The largest absolute Gasteiger partial charge is 0.492 e. The second kappa shape index (κ2) is 9.23. The van der Waals surface area contributed by atoms with E-state index in [9.17, 15) is 4.79 Å². The first-order chi connectivity index (χ1) is 13.1. The average molecular weight is 382 g/mol. The summed E-state index contributed by atoms with van der Waals surface area (Å²) in [4.78, 5) is 16.4. The third kappa shape index (κ3) is 5.86. The first-order valence-corrected chi connectivity index (χ1v) is 9.67. The summed E-state index contributed by atoms with van der Waals surface area (Å²) in [7, 11) is 0. The highest BCUT2D eigenvalue weighted by molar-refractivity contribution is 7.99. The number of hydrogen-bond acceptors (Lipinski definition) is 5. The Kier molecular flexibility index (Phi) is 6.49. The van der Waals surface area contributed by atoms with E-state index >= 15 is 0 Å². The van der Waals surface area contributed by atoms with Crippen molar-refractivity contribution in [1.82, 2.24) is 20.5 Å².